The van der Waals surface area contributed by atoms with Gasteiger partial charge >= 0.3 is 6.18 Å². The van der Waals surface area contributed by atoms with Crippen LogP contribution in [0.1, 0.15) is 24.8 Å². The Morgan fingerprint density at radius 3 is 2.62 bits per heavy atom. The van der Waals surface area contributed by atoms with Gasteiger partial charge in [-0.25, -0.2) is 4.39 Å². The Morgan fingerprint density at radius 2 is 1.96 bits per heavy atom. The average molecular weight is 372 g/mol. The highest BCUT2D eigenvalue weighted by Crippen LogP contribution is 2.29. The van der Waals surface area contributed by atoms with E-state index in [1.54, 1.807) is 11.8 Å². The fraction of sp³-hybridized carbons (Fsp3) is 0.500. The lowest BCUT2D eigenvalue weighted by Gasteiger charge is -2.32. The van der Waals surface area contributed by atoms with E-state index in [9.17, 15) is 22.4 Å². The number of hydrogen-bond acceptors (Lipinski definition) is 3. The number of nitrogens with one attached hydrogen (secondary N) is 1. The minimum Gasteiger partial charge on any atom is -0.487 e. The van der Waals surface area contributed by atoms with Crippen LogP contribution in [0.2, 0.25) is 0 Å². The fourth-order valence-electron chi connectivity index (χ4n) is 3.26. The summed E-state index contributed by atoms with van der Waals surface area (Å²) in [5.74, 6) is -0.509. The molecule has 2 aromatic rings. The van der Waals surface area contributed by atoms with E-state index < -0.39 is 18.4 Å². The SMILES string of the molecule is Cc1c[nH]c(=O)c2ccc(OC3CCN(CCC(F)(F)F)CC3)c(F)c12. The Bertz CT molecular complexity index is 839. The van der Waals surface area contributed by atoms with Crippen molar-refractivity contribution in [3.05, 3.63) is 40.1 Å². The van der Waals surface area contributed by atoms with E-state index in [1.165, 1.54) is 18.3 Å². The molecule has 1 fully saturated rings. The Balaban J connectivity index is 1.67. The maximum Gasteiger partial charge on any atom is 0.390 e. The molecular formula is C18H20F4N2O2. The number of likely N-dealkylation sites (tertiary alicyclic amines) is 1. The van der Waals surface area contributed by atoms with Crippen LogP contribution < -0.4 is 10.3 Å². The molecule has 0 amide bonds. The van der Waals surface area contributed by atoms with Gasteiger partial charge in [0.25, 0.3) is 5.56 Å². The minimum absolute atomic E-state index is 0.0253. The first-order chi connectivity index (χ1) is 12.2. The third kappa shape index (κ3) is 4.17. The zero-order valence-electron chi connectivity index (χ0n) is 14.3. The first-order valence-electron chi connectivity index (χ1n) is 8.51. The van der Waals surface area contributed by atoms with E-state index in [4.69, 9.17) is 4.74 Å². The summed E-state index contributed by atoms with van der Waals surface area (Å²) in [6.07, 6.45) is -2.72. The molecule has 1 aromatic carbocycles. The molecule has 0 saturated carbocycles. The lowest BCUT2D eigenvalue weighted by molar-refractivity contribution is -0.138. The van der Waals surface area contributed by atoms with E-state index in [-0.39, 0.29) is 34.7 Å². The zero-order chi connectivity index (χ0) is 18.9. The number of hydrogen-bond donors (Lipinski definition) is 1. The quantitative estimate of drug-likeness (QED) is 0.831. The Kier molecular flexibility index (Phi) is 5.22. The molecule has 0 radical (unpaired) electrons. The van der Waals surface area contributed by atoms with Gasteiger partial charge < -0.3 is 14.6 Å². The molecule has 1 aliphatic rings. The number of H-pyrrole nitrogens is 1. The van der Waals surface area contributed by atoms with Crippen LogP contribution in [0.15, 0.2) is 23.1 Å². The molecule has 0 atom stereocenters. The number of alkyl halides is 3. The summed E-state index contributed by atoms with van der Waals surface area (Å²) in [7, 11) is 0. The van der Waals surface area contributed by atoms with E-state index in [1.807, 2.05) is 0 Å². The van der Waals surface area contributed by atoms with Crippen molar-refractivity contribution < 1.29 is 22.3 Å². The molecular weight excluding hydrogens is 352 g/mol. The number of rotatable bonds is 4. The van der Waals surface area contributed by atoms with Crippen LogP contribution in [0.3, 0.4) is 0 Å². The van der Waals surface area contributed by atoms with Gasteiger partial charge in [-0.05, 0) is 37.5 Å². The van der Waals surface area contributed by atoms with Crippen LogP contribution in [0.25, 0.3) is 10.8 Å². The minimum atomic E-state index is -4.16. The van der Waals surface area contributed by atoms with Gasteiger partial charge in [0.2, 0.25) is 0 Å². The molecule has 1 aromatic heterocycles. The van der Waals surface area contributed by atoms with Gasteiger partial charge in [-0.1, -0.05) is 0 Å². The van der Waals surface area contributed by atoms with Crippen LogP contribution in [0, 0.1) is 12.7 Å². The summed E-state index contributed by atoms with van der Waals surface area (Å²) < 4.78 is 57.4. The highest BCUT2D eigenvalue weighted by atomic mass is 19.4. The monoisotopic (exact) mass is 372 g/mol. The summed E-state index contributed by atoms with van der Waals surface area (Å²) in [6.45, 7) is 2.64. The predicted molar refractivity (Wildman–Crippen MR) is 90.0 cm³/mol. The molecule has 1 saturated heterocycles. The van der Waals surface area contributed by atoms with Gasteiger partial charge in [0.15, 0.2) is 11.6 Å². The van der Waals surface area contributed by atoms with E-state index >= 15 is 0 Å². The second-order valence-corrected chi connectivity index (χ2v) is 6.63. The fourth-order valence-corrected chi connectivity index (χ4v) is 3.26. The molecule has 142 valence electrons. The molecule has 3 rings (SSSR count). The van der Waals surface area contributed by atoms with Gasteiger partial charge in [0.1, 0.15) is 6.10 Å². The van der Waals surface area contributed by atoms with Crippen molar-refractivity contribution in [2.45, 2.75) is 38.5 Å². The van der Waals surface area contributed by atoms with Crippen LogP contribution in [-0.4, -0.2) is 41.8 Å². The topological polar surface area (TPSA) is 45.3 Å². The van der Waals surface area contributed by atoms with Gasteiger partial charge in [-0.15, -0.1) is 0 Å². The highest BCUT2D eigenvalue weighted by molar-refractivity contribution is 5.86. The van der Waals surface area contributed by atoms with E-state index in [2.05, 4.69) is 4.98 Å². The van der Waals surface area contributed by atoms with Gasteiger partial charge in [0, 0.05) is 31.2 Å². The van der Waals surface area contributed by atoms with Crippen molar-refractivity contribution in [3.63, 3.8) is 0 Å². The van der Waals surface area contributed by atoms with Crippen LogP contribution in [-0.2, 0) is 0 Å². The van der Waals surface area contributed by atoms with Crippen molar-refractivity contribution in [3.8, 4) is 5.75 Å². The molecule has 0 spiro atoms. The number of aromatic nitrogens is 1. The molecule has 1 N–H and O–H groups in total. The number of pyridine rings is 1. The maximum absolute atomic E-state index is 14.8. The van der Waals surface area contributed by atoms with Crippen LogP contribution in [0.5, 0.6) is 5.75 Å². The molecule has 1 aliphatic heterocycles. The lowest BCUT2D eigenvalue weighted by Crippen LogP contribution is -2.39. The van der Waals surface area contributed by atoms with E-state index in [0.29, 0.717) is 31.5 Å². The molecule has 2 heterocycles. The molecule has 8 heteroatoms. The first kappa shape index (κ1) is 18.7. The Hall–Kier alpha value is -2.09. The van der Waals surface area contributed by atoms with Crippen molar-refractivity contribution >= 4 is 10.8 Å². The van der Waals surface area contributed by atoms with Crippen molar-refractivity contribution in [2.24, 2.45) is 0 Å². The number of fused-ring (bicyclic) bond motifs is 1. The molecule has 0 bridgehead atoms. The number of ether oxygens (including phenoxy) is 1. The number of benzene rings is 1. The van der Waals surface area contributed by atoms with Crippen molar-refractivity contribution in [1.82, 2.24) is 9.88 Å². The summed E-state index contributed by atoms with van der Waals surface area (Å²) in [5, 5.41) is 0.491. The summed E-state index contributed by atoms with van der Waals surface area (Å²) >= 11 is 0. The largest absolute Gasteiger partial charge is 0.487 e. The highest BCUT2D eigenvalue weighted by Gasteiger charge is 2.29. The third-order valence-electron chi connectivity index (χ3n) is 4.71. The average Bonchev–Trinajstić information content (AvgIpc) is 2.59. The van der Waals surface area contributed by atoms with Crippen LogP contribution >= 0.6 is 0 Å². The van der Waals surface area contributed by atoms with Crippen molar-refractivity contribution in [1.29, 1.82) is 0 Å². The first-order valence-corrected chi connectivity index (χ1v) is 8.51. The smallest absolute Gasteiger partial charge is 0.390 e. The number of aryl methyl sites for hydroxylation is 1. The second-order valence-electron chi connectivity index (χ2n) is 6.63. The Labute approximate surface area is 147 Å². The Morgan fingerprint density at radius 1 is 1.27 bits per heavy atom. The lowest BCUT2D eigenvalue weighted by atomic mass is 10.1. The van der Waals surface area contributed by atoms with E-state index in [0.717, 1.165) is 0 Å². The zero-order valence-corrected chi connectivity index (χ0v) is 14.3. The number of halogens is 4. The number of nitrogens with zero attached hydrogens (tertiary/aromatic N) is 1. The predicted octanol–water partition coefficient (Wildman–Crippen LogP) is 3.77. The summed E-state index contributed by atoms with van der Waals surface area (Å²) in [4.78, 5) is 16.1. The molecule has 26 heavy (non-hydrogen) atoms. The molecule has 4 nitrogen and oxygen atoms in total. The maximum atomic E-state index is 14.8. The normalized spacial score (nSPS) is 17.0. The molecule has 0 aliphatic carbocycles. The number of piperidine rings is 1. The standard InChI is InChI=1S/C18H20F4N2O2/c1-11-10-23-17(25)13-2-3-14(16(19)15(11)13)26-12-4-7-24(8-5-12)9-6-18(20,21)22/h2-3,10,12H,4-9H2,1H3,(H,23,25). The summed E-state index contributed by atoms with van der Waals surface area (Å²) in [6, 6.07) is 2.96. The second kappa shape index (κ2) is 7.26. The molecule has 0 unspecified atom stereocenters. The van der Waals surface area contributed by atoms with Gasteiger partial charge in [-0.2, -0.15) is 13.2 Å². The summed E-state index contributed by atoms with van der Waals surface area (Å²) in [5.41, 5.74) is 0.235. The van der Waals surface area contributed by atoms with Gasteiger partial charge in [0.05, 0.1) is 11.8 Å². The van der Waals surface area contributed by atoms with Crippen LogP contribution in [0.4, 0.5) is 17.6 Å². The van der Waals surface area contributed by atoms with Crippen molar-refractivity contribution in [2.75, 3.05) is 19.6 Å². The third-order valence-corrected chi connectivity index (χ3v) is 4.71. The van der Waals surface area contributed by atoms with Gasteiger partial charge in [-0.3, -0.25) is 4.79 Å². The number of aromatic amines is 1.